The molecule has 0 radical (unpaired) electrons. The molecule has 0 spiro atoms. The molecule has 3 amide bonds. The predicted molar refractivity (Wildman–Crippen MR) is 66.5 cm³/mol. The summed E-state index contributed by atoms with van der Waals surface area (Å²) in [6.45, 7) is 3.69. The molecule has 0 aromatic heterocycles. The fraction of sp³-hybridized carbons (Fsp3) is 0.750. The molecule has 2 fully saturated rings. The normalized spacial score (nSPS) is 23.1. The van der Waals surface area contributed by atoms with E-state index >= 15 is 0 Å². The molecule has 7 heteroatoms. The third-order valence-corrected chi connectivity index (χ3v) is 3.56. The zero-order valence-corrected chi connectivity index (χ0v) is 11.0. The predicted octanol–water partition coefficient (Wildman–Crippen LogP) is -0.277. The van der Waals surface area contributed by atoms with E-state index in [-0.39, 0.29) is 30.3 Å². The van der Waals surface area contributed by atoms with Crippen molar-refractivity contribution in [1.29, 1.82) is 0 Å². The summed E-state index contributed by atoms with van der Waals surface area (Å²) >= 11 is 0. The highest BCUT2D eigenvalue weighted by atomic mass is 16.4. The molecule has 19 heavy (non-hydrogen) atoms. The van der Waals surface area contributed by atoms with E-state index in [0.717, 1.165) is 6.42 Å². The van der Waals surface area contributed by atoms with E-state index < -0.39 is 5.97 Å². The van der Waals surface area contributed by atoms with E-state index in [9.17, 15) is 14.4 Å². The summed E-state index contributed by atoms with van der Waals surface area (Å²) in [5.41, 5.74) is 0. The number of urea groups is 1. The Bertz CT molecular complexity index is 392. The Morgan fingerprint density at radius 3 is 2.47 bits per heavy atom. The molecule has 2 aliphatic rings. The molecule has 0 aromatic carbocycles. The molecule has 1 atom stereocenters. The van der Waals surface area contributed by atoms with Gasteiger partial charge in [0.15, 0.2) is 0 Å². The van der Waals surface area contributed by atoms with Crippen LogP contribution >= 0.6 is 0 Å². The fourth-order valence-electron chi connectivity index (χ4n) is 2.64. The van der Waals surface area contributed by atoms with Gasteiger partial charge in [-0.3, -0.25) is 9.59 Å². The number of rotatable bonds is 3. The van der Waals surface area contributed by atoms with Gasteiger partial charge in [-0.25, -0.2) is 4.79 Å². The van der Waals surface area contributed by atoms with Gasteiger partial charge in [0.25, 0.3) is 0 Å². The van der Waals surface area contributed by atoms with Gasteiger partial charge in [0.1, 0.15) is 0 Å². The van der Waals surface area contributed by atoms with Gasteiger partial charge in [-0.2, -0.15) is 0 Å². The Hall–Kier alpha value is -1.79. The maximum absolute atomic E-state index is 12.1. The molecule has 7 nitrogen and oxygen atoms in total. The molecular weight excluding hydrogens is 250 g/mol. The Morgan fingerprint density at radius 2 is 1.89 bits per heavy atom. The first-order valence-corrected chi connectivity index (χ1v) is 6.48. The van der Waals surface area contributed by atoms with Crippen molar-refractivity contribution in [2.45, 2.75) is 25.8 Å². The molecule has 2 saturated heterocycles. The Morgan fingerprint density at radius 1 is 1.21 bits per heavy atom. The molecule has 0 aliphatic carbocycles. The quantitative estimate of drug-likeness (QED) is 0.737. The van der Waals surface area contributed by atoms with Crippen molar-refractivity contribution in [1.82, 2.24) is 15.1 Å². The monoisotopic (exact) mass is 269 g/mol. The number of aliphatic carboxylic acids is 1. The van der Waals surface area contributed by atoms with Crippen LogP contribution in [0, 0.1) is 5.92 Å². The fourth-order valence-corrected chi connectivity index (χ4v) is 2.64. The first kappa shape index (κ1) is 13.6. The maximum atomic E-state index is 12.1. The number of nitrogens with zero attached hydrogens (tertiary/aromatic N) is 2. The van der Waals surface area contributed by atoms with Crippen LogP contribution in [-0.4, -0.2) is 65.0 Å². The molecule has 2 rings (SSSR count). The number of carboxylic acids is 1. The third-order valence-electron chi connectivity index (χ3n) is 3.56. The second-order valence-electron chi connectivity index (χ2n) is 5.28. The highest BCUT2D eigenvalue weighted by Gasteiger charge is 2.36. The van der Waals surface area contributed by atoms with Crippen LogP contribution in [0.3, 0.4) is 0 Å². The number of carbonyl (C=O) groups excluding carboxylic acids is 2. The Labute approximate surface area is 111 Å². The lowest BCUT2D eigenvalue weighted by Gasteiger charge is -2.40. The molecule has 0 aromatic rings. The number of amides is 3. The lowest BCUT2D eigenvalue weighted by atomic mass is 9.97. The topological polar surface area (TPSA) is 90.0 Å². The lowest BCUT2D eigenvalue weighted by Crippen LogP contribution is -2.55. The van der Waals surface area contributed by atoms with Gasteiger partial charge in [0.2, 0.25) is 5.91 Å². The van der Waals surface area contributed by atoms with Crippen LogP contribution in [-0.2, 0) is 9.59 Å². The number of hydrogen-bond donors (Lipinski definition) is 2. The van der Waals surface area contributed by atoms with E-state index in [4.69, 9.17) is 5.11 Å². The second-order valence-corrected chi connectivity index (χ2v) is 5.28. The van der Waals surface area contributed by atoms with Crippen molar-refractivity contribution in [2.24, 2.45) is 5.92 Å². The SMILES string of the molecule is CC(=O)NC1CCN(C(=O)N2CC(CC(=O)O)C2)C1. The van der Waals surface area contributed by atoms with Gasteiger partial charge in [-0.05, 0) is 6.42 Å². The van der Waals surface area contributed by atoms with Crippen LogP contribution in [0.4, 0.5) is 4.79 Å². The van der Waals surface area contributed by atoms with E-state index in [2.05, 4.69) is 5.32 Å². The molecule has 2 heterocycles. The summed E-state index contributed by atoms with van der Waals surface area (Å²) in [4.78, 5) is 36.9. The summed E-state index contributed by atoms with van der Waals surface area (Å²) in [6, 6.07) is -0.00738. The summed E-state index contributed by atoms with van der Waals surface area (Å²) in [7, 11) is 0. The summed E-state index contributed by atoms with van der Waals surface area (Å²) in [5.74, 6) is -0.816. The van der Waals surface area contributed by atoms with Crippen LogP contribution in [0.15, 0.2) is 0 Å². The maximum Gasteiger partial charge on any atom is 0.320 e. The molecule has 0 saturated carbocycles. The zero-order chi connectivity index (χ0) is 14.0. The first-order valence-electron chi connectivity index (χ1n) is 6.48. The number of carboxylic acid groups (broad SMARTS) is 1. The molecule has 0 bridgehead atoms. The average molecular weight is 269 g/mol. The average Bonchev–Trinajstić information content (AvgIpc) is 2.69. The smallest absolute Gasteiger partial charge is 0.320 e. The largest absolute Gasteiger partial charge is 0.481 e. The van der Waals surface area contributed by atoms with E-state index in [1.54, 1.807) is 9.80 Å². The number of hydrogen-bond acceptors (Lipinski definition) is 3. The van der Waals surface area contributed by atoms with Gasteiger partial charge in [-0.1, -0.05) is 0 Å². The van der Waals surface area contributed by atoms with Gasteiger partial charge in [-0.15, -0.1) is 0 Å². The highest BCUT2D eigenvalue weighted by molar-refractivity contribution is 5.77. The number of nitrogens with one attached hydrogen (secondary N) is 1. The standard InChI is InChI=1S/C12H19N3O4/c1-8(16)13-10-2-3-14(7-10)12(19)15-5-9(6-15)4-11(17)18/h9-10H,2-7H2,1H3,(H,13,16)(H,17,18). The Kier molecular flexibility index (Phi) is 3.92. The van der Waals surface area contributed by atoms with Gasteiger partial charge in [0.05, 0.1) is 6.42 Å². The lowest BCUT2D eigenvalue weighted by molar-refractivity contribution is -0.139. The van der Waals surface area contributed by atoms with Gasteiger partial charge in [0, 0.05) is 45.1 Å². The summed E-state index contributed by atoms with van der Waals surface area (Å²) in [6.07, 6.45) is 0.899. The zero-order valence-electron chi connectivity index (χ0n) is 11.0. The molecule has 1 unspecified atom stereocenters. The number of carbonyl (C=O) groups is 3. The van der Waals surface area contributed by atoms with Crippen LogP contribution in [0.25, 0.3) is 0 Å². The van der Waals surface area contributed by atoms with Crippen molar-refractivity contribution in [3.05, 3.63) is 0 Å². The Balaban J connectivity index is 1.74. The third kappa shape index (κ3) is 3.36. The van der Waals surface area contributed by atoms with Crippen LogP contribution in [0.2, 0.25) is 0 Å². The van der Waals surface area contributed by atoms with E-state index in [1.807, 2.05) is 0 Å². The van der Waals surface area contributed by atoms with Crippen molar-refractivity contribution in [2.75, 3.05) is 26.2 Å². The number of likely N-dealkylation sites (tertiary alicyclic amines) is 2. The second kappa shape index (κ2) is 5.46. The first-order chi connectivity index (χ1) is 8.95. The summed E-state index contributed by atoms with van der Waals surface area (Å²) < 4.78 is 0. The van der Waals surface area contributed by atoms with Gasteiger partial charge >= 0.3 is 12.0 Å². The molecule has 2 N–H and O–H groups in total. The summed E-state index contributed by atoms with van der Waals surface area (Å²) in [5, 5.41) is 11.5. The van der Waals surface area contributed by atoms with Crippen molar-refractivity contribution >= 4 is 17.9 Å². The van der Waals surface area contributed by atoms with Gasteiger partial charge < -0.3 is 20.2 Å². The van der Waals surface area contributed by atoms with E-state index in [0.29, 0.717) is 26.2 Å². The minimum absolute atomic E-state index is 0.0394. The van der Waals surface area contributed by atoms with E-state index in [1.165, 1.54) is 6.92 Å². The molecule has 106 valence electrons. The van der Waals surface area contributed by atoms with Crippen molar-refractivity contribution in [3.8, 4) is 0 Å². The highest BCUT2D eigenvalue weighted by Crippen LogP contribution is 2.22. The minimum Gasteiger partial charge on any atom is -0.481 e. The van der Waals surface area contributed by atoms with Crippen molar-refractivity contribution < 1.29 is 19.5 Å². The van der Waals surface area contributed by atoms with Crippen molar-refractivity contribution in [3.63, 3.8) is 0 Å². The van der Waals surface area contributed by atoms with Crippen LogP contribution in [0.1, 0.15) is 19.8 Å². The van der Waals surface area contributed by atoms with Crippen LogP contribution < -0.4 is 5.32 Å². The molecule has 2 aliphatic heterocycles. The van der Waals surface area contributed by atoms with Crippen LogP contribution in [0.5, 0.6) is 0 Å². The minimum atomic E-state index is -0.816. The molecular formula is C12H19N3O4.